The number of halogens is 1. The lowest BCUT2D eigenvalue weighted by atomic mass is 10.1. The molecular formula is C18H21FN2O3S. The predicted octanol–water partition coefficient (Wildman–Crippen LogP) is 3.32. The molecule has 5 nitrogen and oxygen atoms in total. The molecule has 7 heteroatoms. The van der Waals surface area contributed by atoms with Crippen LogP contribution in [0.2, 0.25) is 0 Å². The van der Waals surface area contributed by atoms with Gasteiger partial charge in [-0.2, -0.15) is 0 Å². The van der Waals surface area contributed by atoms with E-state index < -0.39 is 27.8 Å². The molecule has 0 aromatic heterocycles. The second kappa shape index (κ2) is 7.65. The largest absolute Gasteiger partial charge is 0.324 e. The molecule has 0 bridgehead atoms. The van der Waals surface area contributed by atoms with Crippen LogP contribution in [-0.4, -0.2) is 26.6 Å². The zero-order valence-corrected chi connectivity index (χ0v) is 15.2. The molecule has 0 spiro atoms. The molecule has 134 valence electrons. The van der Waals surface area contributed by atoms with Crippen molar-refractivity contribution in [1.29, 1.82) is 0 Å². The standard InChI is InChI=1S/C18H21FN2O3S/c1-4-17(18(22)20-15-9-5-13(2)6-10-15)21(25(3,23)24)16-11-7-14(19)8-12-16/h5-12,17H,4H2,1-3H3,(H,20,22). The Labute approximate surface area is 147 Å². The number of anilines is 2. The fourth-order valence-electron chi connectivity index (χ4n) is 2.51. The third-order valence-electron chi connectivity index (χ3n) is 3.73. The van der Waals surface area contributed by atoms with E-state index in [1.165, 1.54) is 12.1 Å². The summed E-state index contributed by atoms with van der Waals surface area (Å²) in [6.45, 7) is 3.65. The number of carbonyl (C=O) groups excluding carboxylic acids is 1. The van der Waals surface area contributed by atoms with Crippen LogP contribution in [0.4, 0.5) is 15.8 Å². The molecule has 25 heavy (non-hydrogen) atoms. The summed E-state index contributed by atoms with van der Waals surface area (Å²) in [5.74, 6) is -0.921. The van der Waals surface area contributed by atoms with E-state index in [-0.39, 0.29) is 12.1 Å². The summed E-state index contributed by atoms with van der Waals surface area (Å²) in [7, 11) is -3.74. The first-order chi connectivity index (χ1) is 11.7. The van der Waals surface area contributed by atoms with Gasteiger partial charge in [0.2, 0.25) is 15.9 Å². The molecule has 0 saturated carbocycles. The van der Waals surface area contributed by atoms with Gasteiger partial charge in [0, 0.05) is 5.69 Å². The molecule has 1 atom stereocenters. The maximum atomic E-state index is 13.2. The zero-order valence-electron chi connectivity index (χ0n) is 14.4. The van der Waals surface area contributed by atoms with Crippen LogP contribution in [-0.2, 0) is 14.8 Å². The summed E-state index contributed by atoms with van der Waals surface area (Å²) in [5, 5.41) is 2.73. The SMILES string of the molecule is CCC(C(=O)Nc1ccc(C)cc1)N(c1ccc(F)cc1)S(C)(=O)=O. The van der Waals surface area contributed by atoms with E-state index in [1.54, 1.807) is 19.1 Å². The first-order valence-electron chi connectivity index (χ1n) is 7.85. The van der Waals surface area contributed by atoms with Crippen LogP contribution in [0.5, 0.6) is 0 Å². The van der Waals surface area contributed by atoms with Crippen LogP contribution in [0.1, 0.15) is 18.9 Å². The van der Waals surface area contributed by atoms with Crippen LogP contribution in [0.3, 0.4) is 0 Å². The first-order valence-corrected chi connectivity index (χ1v) is 9.69. The Morgan fingerprint density at radius 1 is 1.12 bits per heavy atom. The van der Waals surface area contributed by atoms with Gasteiger partial charge < -0.3 is 5.32 Å². The summed E-state index contributed by atoms with van der Waals surface area (Å²) >= 11 is 0. The summed E-state index contributed by atoms with van der Waals surface area (Å²) in [4.78, 5) is 12.7. The van der Waals surface area contributed by atoms with Gasteiger partial charge in [-0.3, -0.25) is 9.10 Å². The second-order valence-corrected chi connectivity index (χ2v) is 7.67. The average Bonchev–Trinajstić information content (AvgIpc) is 2.54. The van der Waals surface area contributed by atoms with Gasteiger partial charge in [0.05, 0.1) is 11.9 Å². The first kappa shape index (κ1) is 18.9. The second-order valence-electron chi connectivity index (χ2n) is 5.81. The Morgan fingerprint density at radius 2 is 1.68 bits per heavy atom. The third-order valence-corrected chi connectivity index (χ3v) is 4.91. The number of nitrogens with one attached hydrogen (secondary N) is 1. The van der Waals surface area contributed by atoms with Gasteiger partial charge in [-0.05, 0) is 49.7 Å². The molecule has 1 N–H and O–H groups in total. The van der Waals surface area contributed by atoms with E-state index >= 15 is 0 Å². The number of aryl methyl sites for hydroxylation is 1. The van der Waals surface area contributed by atoms with E-state index in [0.29, 0.717) is 5.69 Å². The monoisotopic (exact) mass is 364 g/mol. The molecule has 0 radical (unpaired) electrons. The number of amides is 1. The molecular weight excluding hydrogens is 343 g/mol. The molecule has 1 unspecified atom stereocenters. The Bertz CT molecular complexity index is 834. The van der Waals surface area contributed by atoms with Crippen LogP contribution in [0.15, 0.2) is 48.5 Å². The van der Waals surface area contributed by atoms with Gasteiger partial charge in [0.1, 0.15) is 11.9 Å². The number of nitrogens with zero attached hydrogens (tertiary/aromatic N) is 1. The highest BCUT2D eigenvalue weighted by Gasteiger charge is 2.31. The lowest BCUT2D eigenvalue weighted by Crippen LogP contribution is -2.47. The van der Waals surface area contributed by atoms with Crippen molar-refractivity contribution in [2.75, 3.05) is 15.9 Å². The number of carbonyl (C=O) groups is 1. The molecule has 0 aliphatic heterocycles. The van der Waals surface area contributed by atoms with Crippen molar-refractivity contribution in [2.24, 2.45) is 0 Å². The number of rotatable bonds is 6. The van der Waals surface area contributed by atoms with Crippen molar-refractivity contribution in [3.05, 3.63) is 59.9 Å². The third kappa shape index (κ3) is 4.79. The lowest BCUT2D eigenvalue weighted by molar-refractivity contribution is -0.117. The Morgan fingerprint density at radius 3 is 2.16 bits per heavy atom. The smallest absolute Gasteiger partial charge is 0.248 e. The van der Waals surface area contributed by atoms with E-state index in [2.05, 4.69) is 5.32 Å². The Hall–Kier alpha value is -2.41. The molecule has 0 aliphatic rings. The normalized spacial score (nSPS) is 12.5. The highest BCUT2D eigenvalue weighted by Crippen LogP contribution is 2.23. The molecule has 0 heterocycles. The number of hydrogen-bond acceptors (Lipinski definition) is 3. The van der Waals surface area contributed by atoms with Gasteiger partial charge in [0.25, 0.3) is 0 Å². The molecule has 1 amide bonds. The quantitative estimate of drug-likeness (QED) is 0.855. The number of sulfonamides is 1. The maximum Gasteiger partial charge on any atom is 0.248 e. The fourth-order valence-corrected chi connectivity index (χ4v) is 3.72. The molecule has 0 aliphatic carbocycles. The van der Waals surface area contributed by atoms with Gasteiger partial charge in [-0.25, -0.2) is 12.8 Å². The minimum Gasteiger partial charge on any atom is -0.324 e. The van der Waals surface area contributed by atoms with E-state index in [1.807, 2.05) is 19.1 Å². The van der Waals surface area contributed by atoms with Gasteiger partial charge in [-0.1, -0.05) is 24.6 Å². The van der Waals surface area contributed by atoms with Gasteiger partial charge in [0.15, 0.2) is 0 Å². The molecule has 0 fully saturated rings. The highest BCUT2D eigenvalue weighted by atomic mass is 32.2. The van der Waals surface area contributed by atoms with Gasteiger partial charge in [-0.15, -0.1) is 0 Å². The summed E-state index contributed by atoms with van der Waals surface area (Å²) < 4.78 is 38.7. The Kier molecular flexibility index (Phi) is 5.79. The van der Waals surface area contributed by atoms with Crippen molar-refractivity contribution >= 4 is 27.3 Å². The number of hydrogen-bond donors (Lipinski definition) is 1. The van der Waals surface area contributed by atoms with Crippen LogP contribution in [0, 0.1) is 12.7 Å². The average molecular weight is 364 g/mol. The fraction of sp³-hybridized carbons (Fsp3) is 0.278. The van der Waals surface area contributed by atoms with Crippen molar-refractivity contribution in [3.8, 4) is 0 Å². The summed E-state index contributed by atoms with van der Waals surface area (Å²) in [6, 6.07) is 11.3. The Balaban J connectivity index is 2.34. The maximum absolute atomic E-state index is 13.2. The lowest BCUT2D eigenvalue weighted by Gasteiger charge is -2.30. The van der Waals surface area contributed by atoms with Crippen molar-refractivity contribution in [2.45, 2.75) is 26.3 Å². The highest BCUT2D eigenvalue weighted by molar-refractivity contribution is 7.92. The molecule has 0 saturated heterocycles. The minimum absolute atomic E-state index is 0.245. The molecule has 2 rings (SSSR count). The van der Waals surface area contributed by atoms with Crippen molar-refractivity contribution in [3.63, 3.8) is 0 Å². The topological polar surface area (TPSA) is 66.5 Å². The summed E-state index contributed by atoms with van der Waals surface area (Å²) in [6.07, 6.45) is 1.29. The van der Waals surface area contributed by atoms with E-state index in [0.717, 1.165) is 28.3 Å². The van der Waals surface area contributed by atoms with E-state index in [4.69, 9.17) is 0 Å². The van der Waals surface area contributed by atoms with Crippen LogP contribution in [0.25, 0.3) is 0 Å². The number of benzene rings is 2. The molecule has 2 aromatic rings. The van der Waals surface area contributed by atoms with Crippen LogP contribution < -0.4 is 9.62 Å². The summed E-state index contributed by atoms with van der Waals surface area (Å²) in [5.41, 5.74) is 1.88. The minimum atomic E-state index is -3.74. The van der Waals surface area contributed by atoms with E-state index in [9.17, 15) is 17.6 Å². The molecule has 2 aromatic carbocycles. The predicted molar refractivity (Wildman–Crippen MR) is 97.6 cm³/mol. The zero-order chi connectivity index (χ0) is 18.6. The van der Waals surface area contributed by atoms with Crippen LogP contribution >= 0.6 is 0 Å². The van der Waals surface area contributed by atoms with Crippen molar-refractivity contribution < 1.29 is 17.6 Å². The van der Waals surface area contributed by atoms with Crippen molar-refractivity contribution in [1.82, 2.24) is 0 Å². The van der Waals surface area contributed by atoms with Gasteiger partial charge >= 0.3 is 0 Å².